The fraction of sp³-hybridized carbons (Fsp3) is 0.846. The van der Waals surface area contributed by atoms with Crippen LogP contribution in [0.15, 0.2) is 0 Å². The van der Waals surface area contributed by atoms with Crippen molar-refractivity contribution >= 4 is 11.3 Å². The van der Waals surface area contributed by atoms with Crippen LogP contribution < -0.4 is 0 Å². The van der Waals surface area contributed by atoms with Gasteiger partial charge >= 0.3 is 0 Å². The van der Waals surface area contributed by atoms with Crippen LogP contribution in [0.2, 0.25) is 0 Å². The van der Waals surface area contributed by atoms with Crippen molar-refractivity contribution in [2.24, 2.45) is 11.8 Å². The lowest BCUT2D eigenvalue weighted by molar-refractivity contribution is 0.0819. The van der Waals surface area contributed by atoms with Crippen LogP contribution in [0.1, 0.15) is 42.1 Å². The fourth-order valence-electron chi connectivity index (χ4n) is 3.41. The molecule has 17 heavy (non-hydrogen) atoms. The van der Waals surface area contributed by atoms with Crippen molar-refractivity contribution in [1.82, 2.24) is 15.1 Å². The van der Waals surface area contributed by atoms with Gasteiger partial charge in [-0.25, -0.2) is 0 Å². The van der Waals surface area contributed by atoms with Crippen LogP contribution in [0.3, 0.4) is 0 Å². The van der Waals surface area contributed by atoms with Gasteiger partial charge < -0.3 is 0 Å². The first-order chi connectivity index (χ1) is 8.31. The van der Waals surface area contributed by atoms with Crippen molar-refractivity contribution < 1.29 is 0 Å². The molecule has 2 heterocycles. The van der Waals surface area contributed by atoms with Crippen molar-refractivity contribution in [2.45, 2.75) is 45.6 Å². The second-order valence-electron chi connectivity index (χ2n) is 5.54. The van der Waals surface area contributed by atoms with E-state index in [1.54, 1.807) is 11.3 Å². The molecule has 1 aromatic rings. The zero-order valence-corrected chi connectivity index (χ0v) is 11.4. The molecule has 2 aliphatic rings. The average Bonchev–Trinajstić information content (AvgIpc) is 2.75. The van der Waals surface area contributed by atoms with E-state index >= 15 is 0 Å². The molecule has 0 aromatic carbocycles. The second kappa shape index (κ2) is 5.02. The Hall–Kier alpha value is -0.480. The number of likely N-dealkylation sites (tertiary alicyclic amines) is 1. The molecule has 94 valence electrons. The van der Waals surface area contributed by atoms with Crippen LogP contribution in [-0.2, 0) is 6.54 Å². The monoisotopic (exact) mass is 251 g/mol. The molecule has 1 aromatic heterocycles. The molecule has 1 aliphatic heterocycles. The maximum Gasteiger partial charge on any atom is 0.131 e. The summed E-state index contributed by atoms with van der Waals surface area (Å²) in [7, 11) is 0. The standard InChI is InChI=1S/C13H21N3S/c1-10-14-15-13(17-10)9-16-7-6-11-4-2-3-5-12(11)8-16/h11-12H,2-9H2,1H3/t11-,12-/m0/s1. The van der Waals surface area contributed by atoms with Crippen molar-refractivity contribution in [1.29, 1.82) is 0 Å². The van der Waals surface area contributed by atoms with E-state index in [0.717, 1.165) is 23.4 Å². The van der Waals surface area contributed by atoms with Gasteiger partial charge in [0.05, 0.1) is 6.54 Å². The fourth-order valence-corrected chi connectivity index (χ4v) is 4.16. The zero-order valence-electron chi connectivity index (χ0n) is 10.6. The van der Waals surface area contributed by atoms with E-state index in [0.29, 0.717) is 0 Å². The Kier molecular flexibility index (Phi) is 3.43. The van der Waals surface area contributed by atoms with Gasteiger partial charge in [0.25, 0.3) is 0 Å². The molecular formula is C13H21N3S. The minimum Gasteiger partial charge on any atom is -0.296 e. The van der Waals surface area contributed by atoms with Gasteiger partial charge in [-0.1, -0.05) is 19.3 Å². The van der Waals surface area contributed by atoms with E-state index in [-0.39, 0.29) is 0 Å². The SMILES string of the molecule is Cc1nnc(CN2CC[C@@H]3CCCC[C@H]3C2)s1. The predicted molar refractivity (Wildman–Crippen MR) is 70.0 cm³/mol. The molecular weight excluding hydrogens is 230 g/mol. The minimum absolute atomic E-state index is 0.964. The Morgan fingerprint density at radius 3 is 2.76 bits per heavy atom. The zero-order chi connectivity index (χ0) is 11.7. The van der Waals surface area contributed by atoms with Gasteiger partial charge in [-0.3, -0.25) is 4.90 Å². The van der Waals surface area contributed by atoms with Gasteiger partial charge in [0.15, 0.2) is 0 Å². The molecule has 2 atom stereocenters. The third kappa shape index (κ3) is 2.68. The molecule has 0 amide bonds. The summed E-state index contributed by atoms with van der Waals surface area (Å²) in [6.07, 6.45) is 7.26. The van der Waals surface area contributed by atoms with E-state index in [9.17, 15) is 0 Å². The highest BCUT2D eigenvalue weighted by molar-refractivity contribution is 7.11. The van der Waals surface area contributed by atoms with Gasteiger partial charge in [0.2, 0.25) is 0 Å². The maximum absolute atomic E-state index is 4.24. The van der Waals surface area contributed by atoms with Gasteiger partial charge in [-0.2, -0.15) is 0 Å². The first-order valence-corrected chi connectivity index (χ1v) is 7.64. The molecule has 1 aliphatic carbocycles. The molecule has 3 rings (SSSR count). The first-order valence-electron chi connectivity index (χ1n) is 6.82. The quantitative estimate of drug-likeness (QED) is 0.809. The summed E-state index contributed by atoms with van der Waals surface area (Å²) < 4.78 is 0. The van der Waals surface area contributed by atoms with Gasteiger partial charge in [0, 0.05) is 6.54 Å². The number of fused-ring (bicyclic) bond motifs is 1. The molecule has 1 saturated carbocycles. The molecule has 1 saturated heterocycles. The number of hydrogen-bond donors (Lipinski definition) is 0. The summed E-state index contributed by atoms with van der Waals surface area (Å²) in [5.41, 5.74) is 0. The largest absolute Gasteiger partial charge is 0.296 e. The summed E-state index contributed by atoms with van der Waals surface area (Å²) in [4.78, 5) is 2.59. The Bertz CT molecular complexity index is 376. The molecule has 3 nitrogen and oxygen atoms in total. The summed E-state index contributed by atoms with van der Waals surface area (Å²) >= 11 is 1.75. The third-order valence-electron chi connectivity index (χ3n) is 4.30. The molecule has 0 unspecified atom stereocenters. The van der Waals surface area contributed by atoms with E-state index in [2.05, 4.69) is 15.1 Å². The minimum atomic E-state index is 0.964. The van der Waals surface area contributed by atoms with Gasteiger partial charge in [-0.15, -0.1) is 21.5 Å². The molecule has 2 fully saturated rings. The average molecular weight is 251 g/mol. The third-order valence-corrected chi connectivity index (χ3v) is 5.13. The van der Waals surface area contributed by atoms with E-state index in [1.165, 1.54) is 50.2 Å². The van der Waals surface area contributed by atoms with Crippen LogP contribution in [0.5, 0.6) is 0 Å². The van der Waals surface area contributed by atoms with Crippen molar-refractivity contribution in [3.8, 4) is 0 Å². The van der Waals surface area contributed by atoms with Crippen molar-refractivity contribution in [3.63, 3.8) is 0 Å². The number of nitrogens with zero attached hydrogens (tertiary/aromatic N) is 3. The molecule has 0 bridgehead atoms. The normalized spacial score (nSPS) is 30.2. The van der Waals surface area contributed by atoms with E-state index in [4.69, 9.17) is 0 Å². The lowest BCUT2D eigenvalue weighted by Gasteiger charge is -2.41. The van der Waals surface area contributed by atoms with Crippen LogP contribution in [0.4, 0.5) is 0 Å². The predicted octanol–water partition coefficient (Wildman–Crippen LogP) is 2.86. The van der Waals surface area contributed by atoms with Crippen LogP contribution in [-0.4, -0.2) is 28.2 Å². The Morgan fingerprint density at radius 2 is 2.00 bits per heavy atom. The summed E-state index contributed by atoms with van der Waals surface area (Å²) in [6, 6.07) is 0. The van der Waals surface area contributed by atoms with Crippen LogP contribution in [0, 0.1) is 18.8 Å². The maximum atomic E-state index is 4.24. The van der Waals surface area contributed by atoms with Crippen LogP contribution >= 0.6 is 11.3 Å². The number of aryl methyl sites for hydroxylation is 1. The van der Waals surface area contributed by atoms with Crippen molar-refractivity contribution in [3.05, 3.63) is 10.0 Å². The Morgan fingerprint density at radius 1 is 1.18 bits per heavy atom. The number of aromatic nitrogens is 2. The Labute approximate surface area is 107 Å². The van der Waals surface area contributed by atoms with Crippen LogP contribution in [0.25, 0.3) is 0 Å². The molecule has 4 heteroatoms. The van der Waals surface area contributed by atoms with Crippen molar-refractivity contribution in [2.75, 3.05) is 13.1 Å². The molecule has 0 N–H and O–H groups in total. The smallest absolute Gasteiger partial charge is 0.131 e. The van der Waals surface area contributed by atoms with Gasteiger partial charge in [-0.05, 0) is 38.1 Å². The summed E-state index contributed by atoms with van der Waals surface area (Å²) in [6.45, 7) is 5.62. The lowest BCUT2D eigenvalue weighted by Crippen LogP contribution is -2.41. The second-order valence-corrected chi connectivity index (χ2v) is 6.81. The molecule has 0 spiro atoms. The number of rotatable bonds is 2. The highest BCUT2D eigenvalue weighted by Crippen LogP contribution is 2.36. The summed E-state index contributed by atoms with van der Waals surface area (Å²) in [5, 5.41) is 10.6. The Balaban J connectivity index is 1.58. The summed E-state index contributed by atoms with van der Waals surface area (Å²) in [5.74, 6) is 1.99. The molecule has 0 radical (unpaired) electrons. The van der Waals surface area contributed by atoms with E-state index in [1.807, 2.05) is 6.92 Å². The first kappa shape index (κ1) is 11.6. The topological polar surface area (TPSA) is 29.0 Å². The lowest BCUT2D eigenvalue weighted by atomic mass is 9.75. The van der Waals surface area contributed by atoms with Gasteiger partial charge in [0.1, 0.15) is 10.0 Å². The number of piperidine rings is 1. The number of hydrogen-bond acceptors (Lipinski definition) is 4. The highest BCUT2D eigenvalue weighted by Gasteiger charge is 2.31. The highest BCUT2D eigenvalue weighted by atomic mass is 32.1. The van der Waals surface area contributed by atoms with E-state index < -0.39 is 0 Å².